The van der Waals surface area contributed by atoms with Crippen molar-refractivity contribution in [3.63, 3.8) is 0 Å². The number of nitrogens with one attached hydrogen (secondary N) is 1. The molecule has 1 N–H and O–H groups in total. The van der Waals surface area contributed by atoms with Gasteiger partial charge in [-0.25, -0.2) is 0 Å². The molecule has 2 aromatic rings. The van der Waals surface area contributed by atoms with Crippen LogP contribution >= 0.6 is 11.6 Å². The molecule has 0 aromatic heterocycles. The number of nitrogens with zero attached hydrogens (tertiary/aromatic N) is 1. The highest BCUT2D eigenvalue weighted by atomic mass is 35.5. The topological polar surface area (TPSA) is 75.7 Å². The van der Waals surface area contributed by atoms with Gasteiger partial charge in [-0.15, -0.1) is 0 Å². The minimum Gasteiger partial charge on any atom is -0.495 e. The van der Waals surface area contributed by atoms with Crippen LogP contribution in [0.2, 0.25) is 5.02 Å². The molecule has 1 saturated heterocycles. The summed E-state index contributed by atoms with van der Waals surface area (Å²) in [4.78, 5) is 39.2. The number of anilines is 2. The normalized spacial score (nSPS) is 20.6. The number of hydrogen-bond donors (Lipinski definition) is 1. The highest BCUT2D eigenvalue weighted by Gasteiger charge is 2.47. The van der Waals surface area contributed by atoms with Gasteiger partial charge in [-0.1, -0.05) is 23.8 Å². The van der Waals surface area contributed by atoms with Crippen LogP contribution < -0.4 is 15.0 Å². The van der Waals surface area contributed by atoms with E-state index in [-0.39, 0.29) is 29.6 Å². The van der Waals surface area contributed by atoms with Crippen molar-refractivity contribution in [3.05, 3.63) is 65.2 Å². The predicted molar refractivity (Wildman–Crippen MR) is 110 cm³/mol. The maximum atomic E-state index is 12.7. The van der Waals surface area contributed by atoms with Gasteiger partial charge in [0.25, 0.3) is 5.91 Å². The lowest BCUT2D eigenvalue weighted by atomic mass is 9.85. The van der Waals surface area contributed by atoms with Crippen molar-refractivity contribution in [2.45, 2.75) is 12.8 Å². The summed E-state index contributed by atoms with van der Waals surface area (Å²) in [6.07, 6.45) is 5.09. The summed E-state index contributed by atoms with van der Waals surface area (Å²) < 4.78 is 5.23. The van der Waals surface area contributed by atoms with Crippen molar-refractivity contribution in [2.24, 2.45) is 11.8 Å². The molecule has 2 atom stereocenters. The first-order chi connectivity index (χ1) is 14.0. The molecular weight excluding hydrogens is 392 g/mol. The van der Waals surface area contributed by atoms with Crippen LogP contribution in [0.4, 0.5) is 11.4 Å². The highest BCUT2D eigenvalue weighted by molar-refractivity contribution is 6.31. The summed E-state index contributed by atoms with van der Waals surface area (Å²) in [5.41, 5.74) is 1.32. The Morgan fingerprint density at radius 2 is 1.66 bits per heavy atom. The van der Waals surface area contributed by atoms with E-state index in [0.717, 1.165) is 0 Å². The van der Waals surface area contributed by atoms with Gasteiger partial charge >= 0.3 is 0 Å². The number of rotatable bonds is 4. The second kappa shape index (κ2) is 7.72. The Morgan fingerprint density at radius 1 is 1.03 bits per heavy atom. The van der Waals surface area contributed by atoms with Crippen molar-refractivity contribution in [1.29, 1.82) is 0 Å². The minimum absolute atomic E-state index is 0.176. The summed E-state index contributed by atoms with van der Waals surface area (Å²) in [6, 6.07) is 11.3. The third-order valence-corrected chi connectivity index (χ3v) is 5.54. The third kappa shape index (κ3) is 3.51. The van der Waals surface area contributed by atoms with Gasteiger partial charge < -0.3 is 10.1 Å². The maximum Gasteiger partial charge on any atom is 0.255 e. The van der Waals surface area contributed by atoms with Crippen LogP contribution in [0.3, 0.4) is 0 Å². The molecule has 1 fully saturated rings. The zero-order valence-electron chi connectivity index (χ0n) is 15.7. The number of ether oxygens (including phenoxy) is 1. The van der Waals surface area contributed by atoms with Crippen molar-refractivity contribution in [1.82, 2.24) is 0 Å². The number of halogens is 1. The van der Waals surface area contributed by atoms with Crippen LogP contribution in [0.5, 0.6) is 5.75 Å². The molecule has 0 bridgehead atoms. The lowest BCUT2D eigenvalue weighted by molar-refractivity contribution is -0.122. The number of carbonyl (C=O) groups is 3. The van der Waals surface area contributed by atoms with Crippen LogP contribution in [0, 0.1) is 11.8 Å². The van der Waals surface area contributed by atoms with Crippen molar-refractivity contribution in [2.75, 3.05) is 17.3 Å². The Kier molecular flexibility index (Phi) is 5.11. The van der Waals surface area contributed by atoms with Gasteiger partial charge in [-0.2, -0.15) is 0 Å². The molecule has 1 heterocycles. The number of methoxy groups -OCH3 is 1. The molecule has 0 radical (unpaired) electrons. The van der Waals surface area contributed by atoms with Crippen molar-refractivity contribution >= 4 is 40.7 Å². The summed E-state index contributed by atoms with van der Waals surface area (Å²) >= 11 is 6.00. The first kappa shape index (κ1) is 19.2. The van der Waals surface area contributed by atoms with Crippen molar-refractivity contribution < 1.29 is 19.1 Å². The van der Waals surface area contributed by atoms with Crippen LogP contribution in [-0.4, -0.2) is 24.8 Å². The Balaban J connectivity index is 1.53. The van der Waals surface area contributed by atoms with Crippen LogP contribution in [0.1, 0.15) is 23.2 Å². The maximum absolute atomic E-state index is 12.7. The smallest absolute Gasteiger partial charge is 0.255 e. The number of fused-ring (bicyclic) bond motifs is 1. The molecule has 29 heavy (non-hydrogen) atoms. The molecule has 1 aliphatic carbocycles. The van der Waals surface area contributed by atoms with Crippen LogP contribution in [0.25, 0.3) is 0 Å². The molecule has 0 spiro atoms. The Morgan fingerprint density at radius 3 is 2.24 bits per heavy atom. The average Bonchev–Trinajstić information content (AvgIpc) is 2.99. The number of carbonyl (C=O) groups excluding carboxylic acids is 3. The lowest BCUT2D eigenvalue weighted by Crippen LogP contribution is -2.30. The predicted octanol–water partition coefficient (Wildman–Crippen LogP) is 4.06. The van der Waals surface area contributed by atoms with E-state index in [1.807, 2.05) is 12.2 Å². The van der Waals surface area contributed by atoms with Gasteiger partial charge in [-0.3, -0.25) is 19.3 Å². The van der Waals surface area contributed by atoms with E-state index in [0.29, 0.717) is 40.6 Å². The SMILES string of the molecule is COc1ccc(Cl)cc1NC(=O)c1ccc(N2C(=O)[C@@H]3CC=CC[C@H]3C2=O)cc1. The second-order valence-electron chi connectivity index (χ2n) is 7.01. The van der Waals surface area contributed by atoms with Gasteiger partial charge in [0, 0.05) is 10.6 Å². The highest BCUT2D eigenvalue weighted by Crippen LogP contribution is 2.37. The number of hydrogen-bond acceptors (Lipinski definition) is 4. The van der Waals surface area contributed by atoms with E-state index >= 15 is 0 Å². The minimum atomic E-state index is -0.353. The second-order valence-corrected chi connectivity index (χ2v) is 7.45. The van der Waals surface area contributed by atoms with E-state index in [1.165, 1.54) is 12.0 Å². The Labute approximate surface area is 173 Å². The summed E-state index contributed by atoms with van der Waals surface area (Å²) in [5, 5.41) is 3.23. The molecule has 2 aromatic carbocycles. The zero-order chi connectivity index (χ0) is 20.5. The first-order valence-electron chi connectivity index (χ1n) is 9.27. The zero-order valence-corrected chi connectivity index (χ0v) is 16.5. The Hall–Kier alpha value is -3.12. The summed E-state index contributed by atoms with van der Waals surface area (Å²) in [7, 11) is 1.50. The molecule has 148 valence electrons. The molecule has 6 nitrogen and oxygen atoms in total. The molecule has 4 rings (SSSR count). The van der Waals surface area contributed by atoms with E-state index < -0.39 is 0 Å². The van der Waals surface area contributed by atoms with E-state index in [4.69, 9.17) is 16.3 Å². The molecule has 3 amide bonds. The number of allylic oxidation sites excluding steroid dienone is 2. The molecule has 1 aliphatic heterocycles. The number of amides is 3. The number of imide groups is 1. The summed E-state index contributed by atoms with van der Waals surface area (Å²) in [5.74, 6) is -0.787. The Bertz CT molecular complexity index is 990. The van der Waals surface area contributed by atoms with E-state index in [9.17, 15) is 14.4 Å². The molecule has 7 heteroatoms. The fourth-order valence-electron chi connectivity index (χ4n) is 3.79. The van der Waals surface area contributed by atoms with Gasteiger partial charge in [0.2, 0.25) is 11.8 Å². The number of benzene rings is 2. The summed E-state index contributed by atoms with van der Waals surface area (Å²) in [6.45, 7) is 0. The molecule has 0 unspecified atom stereocenters. The van der Waals surface area contributed by atoms with Crippen LogP contribution in [-0.2, 0) is 9.59 Å². The fourth-order valence-corrected chi connectivity index (χ4v) is 3.96. The molecule has 0 saturated carbocycles. The van der Waals surface area contributed by atoms with E-state index in [1.54, 1.807) is 42.5 Å². The third-order valence-electron chi connectivity index (χ3n) is 5.30. The lowest BCUT2D eigenvalue weighted by Gasteiger charge is -2.15. The van der Waals surface area contributed by atoms with Gasteiger partial charge in [0.1, 0.15) is 5.75 Å². The first-order valence-corrected chi connectivity index (χ1v) is 9.65. The average molecular weight is 411 g/mol. The van der Waals surface area contributed by atoms with Gasteiger partial charge in [0.05, 0.1) is 30.3 Å². The van der Waals surface area contributed by atoms with Crippen LogP contribution in [0.15, 0.2) is 54.6 Å². The van der Waals surface area contributed by atoms with Crippen molar-refractivity contribution in [3.8, 4) is 5.75 Å². The largest absolute Gasteiger partial charge is 0.495 e. The van der Waals surface area contributed by atoms with Gasteiger partial charge in [0.15, 0.2) is 0 Å². The quantitative estimate of drug-likeness (QED) is 0.609. The fraction of sp³-hybridized carbons (Fsp3) is 0.227. The monoisotopic (exact) mass is 410 g/mol. The molecule has 2 aliphatic rings. The molecular formula is C22H19ClN2O4. The van der Waals surface area contributed by atoms with E-state index in [2.05, 4.69) is 5.32 Å². The standard InChI is InChI=1S/C22H19ClN2O4/c1-29-19-11-8-14(23)12-18(19)24-20(26)13-6-9-15(10-7-13)25-21(27)16-4-2-3-5-17(16)22(25)28/h2-3,6-12,16-17H,4-5H2,1H3,(H,24,26)/t16-,17-/m1/s1. The van der Waals surface area contributed by atoms with Gasteiger partial charge in [-0.05, 0) is 55.3 Å².